The van der Waals surface area contributed by atoms with Crippen LogP contribution in [0.15, 0.2) is 36.4 Å². The van der Waals surface area contributed by atoms with Crippen molar-refractivity contribution in [3.05, 3.63) is 58.7 Å². The summed E-state index contributed by atoms with van der Waals surface area (Å²) in [6.45, 7) is 12.9. The molecule has 4 rings (SSSR count). The molecule has 1 aliphatic rings. The largest absolute Gasteiger partial charge is 0.507 e. The average Bonchev–Trinajstić information content (AvgIpc) is 3.27. The third-order valence-electron chi connectivity index (χ3n) is 6.84. The van der Waals surface area contributed by atoms with Crippen LogP contribution in [0.25, 0.3) is 0 Å². The number of carbonyl (C=O) groups excluding carboxylic acids is 1. The van der Waals surface area contributed by atoms with E-state index in [0.717, 1.165) is 55.0 Å². The number of nitrogens with zero attached hydrogens (tertiary/aromatic N) is 3. The minimum Gasteiger partial charge on any atom is -0.507 e. The van der Waals surface area contributed by atoms with Gasteiger partial charge < -0.3 is 26.4 Å². The number of nitrogens with one attached hydrogen (secondary N) is 3. The predicted molar refractivity (Wildman–Crippen MR) is 145 cm³/mol. The number of aromatic hydroxyl groups is 1. The van der Waals surface area contributed by atoms with Crippen molar-refractivity contribution in [2.45, 2.75) is 46.7 Å². The van der Waals surface area contributed by atoms with E-state index in [4.69, 9.17) is 5.73 Å². The molecule has 1 fully saturated rings. The number of phenolic OH excluding ortho intramolecular Hbond substituents is 1. The third-order valence-corrected chi connectivity index (χ3v) is 6.84. The lowest BCUT2D eigenvalue weighted by Gasteiger charge is -2.38. The summed E-state index contributed by atoms with van der Waals surface area (Å²) < 4.78 is 0. The van der Waals surface area contributed by atoms with Crippen molar-refractivity contribution >= 4 is 28.9 Å². The van der Waals surface area contributed by atoms with Crippen molar-refractivity contribution in [3.63, 3.8) is 0 Å². The highest BCUT2D eigenvalue weighted by Gasteiger charge is 2.20. The smallest absolute Gasteiger partial charge is 0.256 e. The topological polar surface area (TPSA) is 123 Å². The van der Waals surface area contributed by atoms with Crippen LogP contribution in [0.2, 0.25) is 0 Å². The number of primary amides is 1. The molecular weight excluding hydrogens is 454 g/mol. The number of carbonyl (C=O) groups is 1. The van der Waals surface area contributed by atoms with Gasteiger partial charge >= 0.3 is 0 Å². The van der Waals surface area contributed by atoms with Gasteiger partial charge in [0.05, 0.1) is 0 Å². The summed E-state index contributed by atoms with van der Waals surface area (Å²) in [7, 11) is 0. The molecule has 3 aromatic rings. The first kappa shape index (κ1) is 25.4. The molecule has 9 nitrogen and oxygen atoms in total. The second-order valence-electron chi connectivity index (χ2n) is 9.60. The maximum Gasteiger partial charge on any atom is 0.256 e. The molecule has 1 aliphatic heterocycles. The lowest BCUT2D eigenvalue weighted by molar-refractivity contribution is 0.100. The first-order chi connectivity index (χ1) is 17.3. The monoisotopic (exact) mass is 491 g/mol. The van der Waals surface area contributed by atoms with Crippen molar-refractivity contribution in [1.82, 2.24) is 15.1 Å². The van der Waals surface area contributed by atoms with Gasteiger partial charge in [-0.1, -0.05) is 19.1 Å². The van der Waals surface area contributed by atoms with Crippen LogP contribution in [0, 0.1) is 6.92 Å². The van der Waals surface area contributed by atoms with Crippen LogP contribution < -0.4 is 21.3 Å². The summed E-state index contributed by atoms with van der Waals surface area (Å²) in [5, 5.41) is 23.8. The number of rotatable bonds is 9. The van der Waals surface area contributed by atoms with Gasteiger partial charge in [-0.2, -0.15) is 5.10 Å². The summed E-state index contributed by atoms with van der Waals surface area (Å²) in [6, 6.07) is 12.6. The molecule has 1 amide bonds. The fourth-order valence-electron chi connectivity index (χ4n) is 4.69. The number of aromatic nitrogens is 2. The molecule has 9 heteroatoms. The number of amides is 1. The lowest BCUT2D eigenvalue weighted by Crippen LogP contribution is -2.48. The zero-order valence-electron chi connectivity index (χ0n) is 21.6. The van der Waals surface area contributed by atoms with Gasteiger partial charge in [-0.05, 0) is 68.1 Å². The standard InChI is InChI=1S/C27H37N7O2/c1-5-20-15-19(14-18(4)24(20)35)16-29-26-23(25(28)36)27(32-31-26)30-21-6-8-22(9-7-21)34-12-10-33(11-13-34)17(2)3/h6-9,14-15,17,35H,5,10-13,16H2,1-4H3,(H2,28,36)(H3,29,30,31,32). The van der Waals surface area contributed by atoms with Gasteiger partial charge in [-0.25, -0.2) is 0 Å². The number of anilines is 4. The number of benzene rings is 2. The normalized spacial score (nSPS) is 14.3. The number of nitrogens with two attached hydrogens (primary N) is 1. The van der Waals surface area contributed by atoms with Gasteiger partial charge in [0.1, 0.15) is 17.1 Å². The minimum atomic E-state index is -0.579. The second kappa shape index (κ2) is 10.9. The Hall–Kier alpha value is -3.72. The Balaban J connectivity index is 1.43. The number of piperazine rings is 1. The van der Waals surface area contributed by atoms with E-state index in [-0.39, 0.29) is 5.56 Å². The number of hydrogen-bond acceptors (Lipinski definition) is 7. The molecule has 0 unspecified atom stereocenters. The van der Waals surface area contributed by atoms with Crippen LogP contribution in [0.1, 0.15) is 47.8 Å². The molecule has 0 atom stereocenters. The molecule has 2 aromatic carbocycles. The van der Waals surface area contributed by atoms with E-state index in [1.54, 1.807) is 0 Å². The van der Waals surface area contributed by atoms with Crippen LogP contribution in [-0.2, 0) is 13.0 Å². The number of phenols is 1. The Bertz CT molecular complexity index is 1200. The maximum atomic E-state index is 12.3. The van der Waals surface area contributed by atoms with Crippen LogP contribution in [0.3, 0.4) is 0 Å². The minimum absolute atomic E-state index is 0.273. The molecule has 2 heterocycles. The van der Waals surface area contributed by atoms with E-state index in [1.807, 2.05) is 38.1 Å². The lowest BCUT2D eigenvalue weighted by atomic mass is 10.0. The first-order valence-electron chi connectivity index (χ1n) is 12.6. The van der Waals surface area contributed by atoms with Gasteiger partial charge in [0.2, 0.25) is 0 Å². The van der Waals surface area contributed by atoms with Crippen molar-refractivity contribution in [2.24, 2.45) is 5.73 Å². The number of aryl methyl sites for hydroxylation is 2. The Morgan fingerprint density at radius 1 is 1.17 bits per heavy atom. The van der Waals surface area contributed by atoms with Crippen LogP contribution >= 0.6 is 0 Å². The molecule has 0 aliphatic carbocycles. The molecular formula is C27H37N7O2. The zero-order chi connectivity index (χ0) is 25.8. The molecule has 1 aromatic heterocycles. The van der Waals surface area contributed by atoms with E-state index in [9.17, 15) is 9.90 Å². The summed E-state index contributed by atoms with van der Waals surface area (Å²) in [5.74, 6) is 0.576. The molecule has 0 radical (unpaired) electrons. The first-order valence-corrected chi connectivity index (χ1v) is 12.6. The zero-order valence-corrected chi connectivity index (χ0v) is 21.6. The molecule has 36 heavy (non-hydrogen) atoms. The fraction of sp³-hybridized carbons (Fsp3) is 0.407. The van der Waals surface area contributed by atoms with E-state index in [0.29, 0.717) is 30.0 Å². The van der Waals surface area contributed by atoms with Gasteiger partial charge in [0.15, 0.2) is 5.82 Å². The van der Waals surface area contributed by atoms with Crippen LogP contribution in [0.4, 0.5) is 23.0 Å². The Morgan fingerprint density at radius 2 is 1.86 bits per heavy atom. The van der Waals surface area contributed by atoms with Gasteiger partial charge in [0, 0.05) is 50.1 Å². The van der Waals surface area contributed by atoms with E-state index in [1.165, 1.54) is 5.69 Å². The summed E-state index contributed by atoms with van der Waals surface area (Å²) in [6.07, 6.45) is 0.733. The molecule has 0 bridgehead atoms. The van der Waals surface area contributed by atoms with E-state index < -0.39 is 5.91 Å². The van der Waals surface area contributed by atoms with Crippen LogP contribution in [-0.4, -0.2) is 58.3 Å². The van der Waals surface area contributed by atoms with Gasteiger partial charge in [-0.15, -0.1) is 0 Å². The molecule has 0 saturated carbocycles. The Labute approximate surface area is 212 Å². The third kappa shape index (κ3) is 5.57. The highest BCUT2D eigenvalue weighted by molar-refractivity contribution is 6.03. The summed E-state index contributed by atoms with van der Waals surface area (Å²) in [5.41, 5.74) is 10.7. The average molecular weight is 492 g/mol. The van der Waals surface area contributed by atoms with E-state index >= 15 is 0 Å². The highest BCUT2D eigenvalue weighted by Crippen LogP contribution is 2.28. The molecule has 0 spiro atoms. The van der Waals surface area contributed by atoms with E-state index in [2.05, 4.69) is 56.6 Å². The van der Waals surface area contributed by atoms with Crippen LogP contribution in [0.5, 0.6) is 5.75 Å². The summed E-state index contributed by atoms with van der Waals surface area (Å²) >= 11 is 0. The quantitative estimate of drug-likeness (QED) is 0.307. The molecule has 192 valence electrons. The SMILES string of the molecule is CCc1cc(CNc2n[nH]c(Nc3ccc(N4CCN(C(C)C)CC4)cc3)c2C(N)=O)cc(C)c1O. The second-order valence-corrected chi connectivity index (χ2v) is 9.60. The molecule has 1 saturated heterocycles. The van der Waals surface area contributed by atoms with Gasteiger partial charge in [0.25, 0.3) is 5.91 Å². The van der Waals surface area contributed by atoms with Crippen molar-refractivity contribution in [1.29, 1.82) is 0 Å². The fourth-order valence-corrected chi connectivity index (χ4v) is 4.69. The summed E-state index contributed by atoms with van der Waals surface area (Å²) in [4.78, 5) is 17.2. The number of H-pyrrole nitrogens is 1. The Kier molecular flexibility index (Phi) is 7.69. The van der Waals surface area contributed by atoms with Crippen molar-refractivity contribution in [2.75, 3.05) is 41.7 Å². The van der Waals surface area contributed by atoms with Crippen molar-refractivity contribution < 1.29 is 9.90 Å². The molecule has 6 N–H and O–H groups in total. The predicted octanol–water partition coefficient (Wildman–Crippen LogP) is 3.97. The highest BCUT2D eigenvalue weighted by atomic mass is 16.3. The number of hydrogen-bond donors (Lipinski definition) is 5. The van der Waals surface area contributed by atoms with Crippen molar-refractivity contribution in [3.8, 4) is 5.75 Å². The maximum absolute atomic E-state index is 12.3. The Morgan fingerprint density at radius 3 is 2.47 bits per heavy atom. The number of aromatic amines is 1. The van der Waals surface area contributed by atoms with Gasteiger partial charge in [-0.3, -0.25) is 14.8 Å².